The molecule has 1 heterocycles. The Balaban J connectivity index is 1.62. The third-order valence-electron chi connectivity index (χ3n) is 4.52. The summed E-state index contributed by atoms with van der Waals surface area (Å²) in [5.41, 5.74) is 1.41. The summed E-state index contributed by atoms with van der Waals surface area (Å²) in [6.07, 6.45) is 0.221. The molecule has 0 bridgehead atoms. The summed E-state index contributed by atoms with van der Waals surface area (Å²) in [4.78, 5) is 14.5. The molecule has 0 aromatic heterocycles. The summed E-state index contributed by atoms with van der Waals surface area (Å²) in [7, 11) is -1.52. The highest BCUT2D eigenvalue weighted by molar-refractivity contribution is 7.89. The van der Waals surface area contributed by atoms with E-state index in [1.54, 1.807) is 36.4 Å². The number of hydrogen-bond acceptors (Lipinski definition) is 4. The minimum Gasteiger partial charge on any atom is -0.326 e. The van der Waals surface area contributed by atoms with Gasteiger partial charge >= 0.3 is 0 Å². The van der Waals surface area contributed by atoms with Crippen LogP contribution in [-0.4, -0.2) is 56.8 Å². The van der Waals surface area contributed by atoms with E-state index >= 15 is 0 Å². The van der Waals surface area contributed by atoms with E-state index in [0.29, 0.717) is 23.8 Å². The van der Waals surface area contributed by atoms with E-state index in [0.717, 1.165) is 18.7 Å². The van der Waals surface area contributed by atoms with Crippen LogP contribution < -0.4 is 5.32 Å². The Kier molecular flexibility index (Phi) is 6.16. The molecule has 0 saturated carbocycles. The molecule has 1 amide bonds. The fraction of sp³-hybridized carbons (Fsp3) is 0.316. The minimum absolute atomic E-state index is 0.174. The van der Waals surface area contributed by atoms with Gasteiger partial charge < -0.3 is 10.2 Å². The molecule has 0 spiro atoms. The number of benzene rings is 2. The largest absolute Gasteiger partial charge is 0.326 e. The summed E-state index contributed by atoms with van der Waals surface area (Å²) in [5.74, 6) is -0.174. The average molecular weight is 408 g/mol. The number of anilines is 1. The van der Waals surface area contributed by atoms with Crippen molar-refractivity contribution in [3.05, 3.63) is 59.1 Å². The highest BCUT2D eigenvalue weighted by Crippen LogP contribution is 2.20. The van der Waals surface area contributed by atoms with Gasteiger partial charge in [0.1, 0.15) is 0 Å². The van der Waals surface area contributed by atoms with Gasteiger partial charge in [0.05, 0.1) is 11.3 Å². The van der Waals surface area contributed by atoms with Crippen LogP contribution in [0.3, 0.4) is 0 Å². The number of likely N-dealkylation sites (N-methyl/N-ethyl adjacent to an activating group) is 1. The molecule has 8 heteroatoms. The van der Waals surface area contributed by atoms with E-state index in [2.05, 4.69) is 10.2 Å². The first-order valence-electron chi connectivity index (χ1n) is 8.68. The van der Waals surface area contributed by atoms with E-state index < -0.39 is 10.0 Å². The Hall–Kier alpha value is -1.93. The molecule has 0 radical (unpaired) electrons. The molecular formula is C19H22ClN3O3S. The zero-order chi connectivity index (χ0) is 19.4. The van der Waals surface area contributed by atoms with Crippen molar-refractivity contribution in [1.29, 1.82) is 0 Å². The van der Waals surface area contributed by atoms with Crippen molar-refractivity contribution in [2.45, 2.75) is 11.3 Å². The van der Waals surface area contributed by atoms with Crippen molar-refractivity contribution >= 4 is 33.2 Å². The Morgan fingerprint density at radius 2 is 1.59 bits per heavy atom. The lowest BCUT2D eigenvalue weighted by molar-refractivity contribution is -0.115. The second-order valence-corrected chi connectivity index (χ2v) is 8.96. The maximum absolute atomic E-state index is 12.7. The van der Waals surface area contributed by atoms with E-state index in [1.165, 1.54) is 16.4 Å². The van der Waals surface area contributed by atoms with Crippen LogP contribution in [0.1, 0.15) is 5.56 Å². The number of sulfonamides is 1. The fourth-order valence-electron chi connectivity index (χ4n) is 2.88. The van der Waals surface area contributed by atoms with E-state index in [9.17, 15) is 13.2 Å². The Labute approximate surface area is 164 Å². The number of amides is 1. The molecular weight excluding hydrogens is 386 g/mol. The lowest BCUT2D eigenvalue weighted by Crippen LogP contribution is -2.46. The van der Waals surface area contributed by atoms with Gasteiger partial charge in [-0.3, -0.25) is 4.79 Å². The fourth-order valence-corrected chi connectivity index (χ4v) is 4.43. The minimum atomic E-state index is -3.50. The third kappa shape index (κ3) is 5.07. The molecule has 0 unspecified atom stereocenters. The first-order chi connectivity index (χ1) is 12.8. The Morgan fingerprint density at radius 3 is 2.19 bits per heavy atom. The second kappa shape index (κ2) is 8.39. The highest BCUT2D eigenvalue weighted by atomic mass is 35.5. The molecule has 144 valence electrons. The molecule has 1 aliphatic rings. The number of nitrogens with zero attached hydrogens (tertiary/aromatic N) is 2. The van der Waals surface area contributed by atoms with Gasteiger partial charge in [-0.05, 0) is 49.0 Å². The summed E-state index contributed by atoms with van der Waals surface area (Å²) >= 11 is 5.84. The standard InChI is InChI=1S/C19H22ClN3O3S/c1-22-10-12-23(13-11-22)27(25,26)18-8-6-17(7-9-18)21-19(24)14-15-2-4-16(20)5-3-15/h2-9H,10-14H2,1H3,(H,21,24). The first-order valence-corrected chi connectivity index (χ1v) is 10.5. The van der Waals surface area contributed by atoms with Crippen molar-refractivity contribution in [3.8, 4) is 0 Å². The topological polar surface area (TPSA) is 69.7 Å². The summed E-state index contributed by atoms with van der Waals surface area (Å²) in [6, 6.07) is 13.4. The molecule has 1 aliphatic heterocycles. The van der Waals surface area contributed by atoms with Gasteiger partial charge in [-0.1, -0.05) is 23.7 Å². The zero-order valence-electron chi connectivity index (χ0n) is 15.1. The molecule has 0 aliphatic carbocycles. The van der Waals surface area contributed by atoms with Gasteiger partial charge in [-0.25, -0.2) is 8.42 Å². The molecule has 2 aromatic rings. The molecule has 3 rings (SSSR count). The second-order valence-electron chi connectivity index (χ2n) is 6.58. The van der Waals surface area contributed by atoms with Crippen molar-refractivity contribution in [3.63, 3.8) is 0 Å². The van der Waals surface area contributed by atoms with Gasteiger partial charge in [-0.2, -0.15) is 4.31 Å². The predicted molar refractivity (Wildman–Crippen MR) is 106 cm³/mol. The molecule has 1 N–H and O–H groups in total. The molecule has 1 fully saturated rings. The number of carbonyl (C=O) groups is 1. The van der Waals surface area contributed by atoms with Crippen LogP contribution in [-0.2, 0) is 21.2 Å². The lowest BCUT2D eigenvalue weighted by Gasteiger charge is -2.31. The van der Waals surface area contributed by atoms with Crippen LogP contribution >= 0.6 is 11.6 Å². The summed E-state index contributed by atoms with van der Waals surface area (Å²) in [6.45, 7) is 2.41. The SMILES string of the molecule is CN1CCN(S(=O)(=O)c2ccc(NC(=O)Cc3ccc(Cl)cc3)cc2)CC1. The smallest absolute Gasteiger partial charge is 0.243 e. The van der Waals surface area contributed by atoms with Crippen molar-refractivity contribution < 1.29 is 13.2 Å². The lowest BCUT2D eigenvalue weighted by atomic mass is 10.1. The summed E-state index contributed by atoms with van der Waals surface area (Å²) in [5, 5.41) is 3.40. The van der Waals surface area contributed by atoms with Crippen LogP contribution in [0.15, 0.2) is 53.4 Å². The van der Waals surface area contributed by atoms with Gasteiger partial charge in [0, 0.05) is 36.9 Å². The van der Waals surface area contributed by atoms with Crippen LogP contribution in [0.4, 0.5) is 5.69 Å². The monoisotopic (exact) mass is 407 g/mol. The molecule has 0 atom stereocenters. The number of halogens is 1. The van der Waals surface area contributed by atoms with Crippen molar-refractivity contribution in [2.75, 3.05) is 38.5 Å². The van der Waals surface area contributed by atoms with Gasteiger partial charge in [0.2, 0.25) is 15.9 Å². The van der Waals surface area contributed by atoms with Crippen LogP contribution in [0, 0.1) is 0 Å². The summed E-state index contributed by atoms with van der Waals surface area (Å²) < 4.78 is 26.9. The predicted octanol–water partition coefficient (Wildman–Crippen LogP) is 2.46. The number of piperazine rings is 1. The van der Waals surface area contributed by atoms with Gasteiger partial charge in [0.15, 0.2) is 0 Å². The molecule has 6 nitrogen and oxygen atoms in total. The average Bonchev–Trinajstić information content (AvgIpc) is 2.64. The number of carbonyl (C=O) groups excluding carboxylic acids is 1. The van der Waals surface area contributed by atoms with Crippen LogP contribution in [0.2, 0.25) is 5.02 Å². The number of hydrogen-bond donors (Lipinski definition) is 1. The molecule has 1 saturated heterocycles. The van der Waals surface area contributed by atoms with E-state index in [-0.39, 0.29) is 17.2 Å². The zero-order valence-corrected chi connectivity index (χ0v) is 16.6. The maximum atomic E-state index is 12.7. The van der Waals surface area contributed by atoms with E-state index in [1.807, 2.05) is 7.05 Å². The van der Waals surface area contributed by atoms with E-state index in [4.69, 9.17) is 11.6 Å². The Morgan fingerprint density at radius 1 is 1.00 bits per heavy atom. The van der Waals surface area contributed by atoms with Gasteiger partial charge in [-0.15, -0.1) is 0 Å². The molecule has 2 aromatic carbocycles. The normalized spacial score (nSPS) is 16.2. The molecule has 27 heavy (non-hydrogen) atoms. The van der Waals surface area contributed by atoms with Gasteiger partial charge in [0.25, 0.3) is 0 Å². The maximum Gasteiger partial charge on any atom is 0.243 e. The van der Waals surface area contributed by atoms with Crippen LogP contribution in [0.25, 0.3) is 0 Å². The van der Waals surface area contributed by atoms with Crippen molar-refractivity contribution in [1.82, 2.24) is 9.21 Å². The number of nitrogens with one attached hydrogen (secondary N) is 1. The third-order valence-corrected chi connectivity index (χ3v) is 6.68. The quantitative estimate of drug-likeness (QED) is 0.826. The highest BCUT2D eigenvalue weighted by Gasteiger charge is 2.27. The van der Waals surface area contributed by atoms with Crippen molar-refractivity contribution in [2.24, 2.45) is 0 Å². The Bertz CT molecular complexity index is 891. The first kappa shape index (κ1) is 19.8. The van der Waals surface area contributed by atoms with Crippen LogP contribution in [0.5, 0.6) is 0 Å². The number of rotatable bonds is 5.